The third kappa shape index (κ3) is 3.83. The summed E-state index contributed by atoms with van der Waals surface area (Å²) in [4.78, 5) is 32.2. The number of carbonyl (C=O) groups is 2. The SMILES string of the molecule is CN1CCN(C(=O)/C=C/c2ccc(C(N)=O)cc2)CC1c1nccn1C. The summed E-state index contributed by atoms with van der Waals surface area (Å²) in [5.74, 6) is 0.460. The molecule has 2 N–H and O–H groups in total. The fourth-order valence-electron chi connectivity index (χ4n) is 3.08. The van der Waals surface area contributed by atoms with E-state index in [1.807, 2.05) is 22.7 Å². The quantitative estimate of drug-likeness (QED) is 0.833. The Labute approximate surface area is 152 Å². The molecule has 2 amide bonds. The lowest BCUT2D eigenvalue weighted by atomic mass is 10.1. The standard InChI is InChI=1S/C19H23N5O2/c1-22-11-12-24(13-16(22)19-21-9-10-23(19)2)17(25)8-5-14-3-6-15(7-4-14)18(20)26/h3-10,16H,11-13H2,1-2H3,(H2,20,26)/b8-5+. The maximum Gasteiger partial charge on any atom is 0.248 e. The molecule has 1 aromatic heterocycles. The highest BCUT2D eigenvalue weighted by atomic mass is 16.2. The van der Waals surface area contributed by atoms with Gasteiger partial charge in [-0.15, -0.1) is 0 Å². The lowest BCUT2D eigenvalue weighted by Crippen LogP contribution is -2.49. The molecule has 3 rings (SSSR count). The van der Waals surface area contributed by atoms with Gasteiger partial charge in [0.1, 0.15) is 5.82 Å². The van der Waals surface area contributed by atoms with E-state index in [4.69, 9.17) is 5.73 Å². The van der Waals surface area contributed by atoms with Crippen LogP contribution in [0.5, 0.6) is 0 Å². The number of aryl methyl sites for hydroxylation is 1. The van der Waals surface area contributed by atoms with Gasteiger partial charge in [0.15, 0.2) is 0 Å². The normalized spacial score (nSPS) is 18.4. The predicted octanol–water partition coefficient (Wildman–Crippen LogP) is 1.05. The van der Waals surface area contributed by atoms with Crippen molar-refractivity contribution < 1.29 is 9.59 Å². The van der Waals surface area contributed by atoms with Gasteiger partial charge in [0.25, 0.3) is 0 Å². The van der Waals surface area contributed by atoms with Gasteiger partial charge in [0, 0.05) is 50.7 Å². The average molecular weight is 353 g/mol. The second kappa shape index (κ2) is 7.53. The van der Waals surface area contributed by atoms with E-state index < -0.39 is 5.91 Å². The molecule has 1 aromatic carbocycles. The molecule has 0 saturated carbocycles. The molecule has 136 valence electrons. The van der Waals surface area contributed by atoms with Crippen molar-refractivity contribution in [3.8, 4) is 0 Å². The highest BCUT2D eigenvalue weighted by Crippen LogP contribution is 2.22. The summed E-state index contributed by atoms with van der Waals surface area (Å²) in [5.41, 5.74) is 6.52. The van der Waals surface area contributed by atoms with Crippen molar-refractivity contribution in [1.82, 2.24) is 19.4 Å². The second-order valence-corrected chi connectivity index (χ2v) is 6.50. The monoisotopic (exact) mass is 353 g/mol. The summed E-state index contributed by atoms with van der Waals surface area (Å²) in [7, 11) is 4.02. The van der Waals surface area contributed by atoms with Crippen LogP contribution in [-0.4, -0.2) is 57.8 Å². The summed E-state index contributed by atoms with van der Waals surface area (Å²) in [6.45, 7) is 2.08. The molecule has 7 nitrogen and oxygen atoms in total. The summed E-state index contributed by atoms with van der Waals surface area (Å²) in [6.07, 6.45) is 7.01. The van der Waals surface area contributed by atoms with Crippen LogP contribution in [-0.2, 0) is 11.8 Å². The molecule has 1 fully saturated rings. The number of hydrogen-bond acceptors (Lipinski definition) is 4. The van der Waals surface area contributed by atoms with Crippen LogP contribution in [0.2, 0.25) is 0 Å². The minimum absolute atomic E-state index is 0.0312. The van der Waals surface area contributed by atoms with Crippen molar-refractivity contribution in [2.75, 3.05) is 26.7 Å². The molecule has 26 heavy (non-hydrogen) atoms. The average Bonchev–Trinajstić information content (AvgIpc) is 3.06. The van der Waals surface area contributed by atoms with E-state index in [-0.39, 0.29) is 11.9 Å². The maximum atomic E-state index is 12.6. The van der Waals surface area contributed by atoms with E-state index >= 15 is 0 Å². The number of hydrogen-bond donors (Lipinski definition) is 1. The Morgan fingerprint density at radius 1 is 1.19 bits per heavy atom. The molecule has 2 heterocycles. The van der Waals surface area contributed by atoms with Crippen molar-refractivity contribution in [3.63, 3.8) is 0 Å². The van der Waals surface area contributed by atoms with Crippen LogP contribution in [0.25, 0.3) is 6.08 Å². The van der Waals surface area contributed by atoms with E-state index in [9.17, 15) is 9.59 Å². The van der Waals surface area contributed by atoms with E-state index in [1.165, 1.54) is 0 Å². The van der Waals surface area contributed by atoms with Gasteiger partial charge < -0.3 is 15.2 Å². The number of benzene rings is 1. The fraction of sp³-hybridized carbons (Fsp3) is 0.316. The van der Waals surface area contributed by atoms with Crippen LogP contribution >= 0.6 is 0 Å². The van der Waals surface area contributed by atoms with Gasteiger partial charge in [-0.05, 0) is 30.8 Å². The summed E-state index contributed by atoms with van der Waals surface area (Å²) in [6, 6.07) is 6.92. The number of piperazine rings is 1. The van der Waals surface area contributed by atoms with Crippen LogP contribution in [0, 0.1) is 0 Å². The molecular weight excluding hydrogens is 330 g/mol. The van der Waals surface area contributed by atoms with E-state index in [1.54, 1.807) is 42.6 Å². The van der Waals surface area contributed by atoms with Gasteiger partial charge in [-0.2, -0.15) is 0 Å². The molecule has 0 spiro atoms. The highest BCUT2D eigenvalue weighted by Gasteiger charge is 2.29. The number of primary amides is 1. The first-order chi connectivity index (χ1) is 12.5. The van der Waals surface area contributed by atoms with E-state index in [0.717, 1.165) is 17.9 Å². The molecule has 1 aliphatic rings. The van der Waals surface area contributed by atoms with Gasteiger partial charge >= 0.3 is 0 Å². The summed E-state index contributed by atoms with van der Waals surface area (Å²) >= 11 is 0. The molecule has 1 saturated heterocycles. The number of imidazole rings is 1. The number of amides is 2. The van der Waals surface area contributed by atoms with Crippen molar-refractivity contribution in [2.45, 2.75) is 6.04 Å². The zero-order valence-electron chi connectivity index (χ0n) is 15.0. The highest BCUT2D eigenvalue weighted by molar-refractivity contribution is 5.94. The Balaban J connectivity index is 1.67. The van der Waals surface area contributed by atoms with Gasteiger partial charge in [-0.1, -0.05) is 12.1 Å². The lowest BCUT2D eigenvalue weighted by Gasteiger charge is -2.38. The molecule has 0 bridgehead atoms. The Morgan fingerprint density at radius 2 is 1.92 bits per heavy atom. The number of likely N-dealkylation sites (N-methyl/N-ethyl adjacent to an activating group) is 1. The molecule has 1 aliphatic heterocycles. The van der Waals surface area contributed by atoms with Gasteiger partial charge in [-0.3, -0.25) is 14.5 Å². The largest absolute Gasteiger partial charge is 0.366 e. The van der Waals surface area contributed by atoms with Crippen LogP contribution in [0.4, 0.5) is 0 Å². The van der Waals surface area contributed by atoms with Gasteiger partial charge in [-0.25, -0.2) is 4.98 Å². The van der Waals surface area contributed by atoms with E-state index in [0.29, 0.717) is 18.7 Å². The number of nitrogens with two attached hydrogens (primary N) is 1. The molecule has 0 aliphatic carbocycles. The summed E-state index contributed by atoms with van der Waals surface area (Å²) in [5, 5.41) is 0. The molecule has 1 atom stereocenters. The molecule has 0 radical (unpaired) electrons. The Bertz CT molecular complexity index is 825. The predicted molar refractivity (Wildman–Crippen MR) is 99.2 cm³/mol. The minimum Gasteiger partial charge on any atom is -0.366 e. The maximum absolute atomic E-state index is 12.6. The van der Waals surface area contributed by atoms with Crippen molar-refractivity contribution in [1.29, 1.82) is 0 Å². The first kappa shape index (κ1) is 17.9. The number of rotatable bonds is 4. The van der Waals surface area contributed by atoms with Gasteiger partial charge in [0.05, 0.1) is 6.04 Å². The van der Waals surface area contributed by atoms with Crippen molar-refractivity contribution in [2.24, 2.45) is 12.8 Å². The number of nitrogens with zero attached hydrogens (tertiary/aromatic N) is 4. The number of aromatic nitrogens is 2. The first-order valence-electron chi connectivity index (χ1n) is 8.50. The van der Waals surface area contributed by atoms with Crippen LogP contribution < -0.4 is 5.73 Å². The molecule has 7 heteroatoms. The topological polar surface area (TPSA) is 84.5 Å². The molecule has 1 unspecified atom stereocenters. The van der Waals surface area contributed by atoms with Gasteiger partial charge in [0.2, 0.25) is 11.8 Å². The third-order valence-electron chi connectivity index (χ3n) is 4.73. The second-order valence-electron chi connectivity index (χ2n) is 6.50. The zero-order chi connectivity index (χ0) is 18.7. The Morgan fingerprint density at radius 3 is 2.54 bits per heavy atom. The van der Waals surface area contributed by atoms with Crippen molar-refractivity contribution in [3.05, 3.63) is 59.7 Å². The van der Waals surface area contributed by atoms with Crippen molar-refractivity contribution >= 4 is 17.9 Å². The van der Waals surface area contributed by atoms with Crippen LogP contribution in [0.3, 0.4) is 0 Å². The molecular formula is C19H23N5O2. The number of carbonyl (C=O) groups excluding carboxylic acids is 2. The summed E-state index contributed by atoms with van der Waals surface area (Å²) < 4.78 is 1.99. The zero-order valence-corrected chi connectivity index (χ0v) is 15.0. The third-order valence-corrected chi connectivity index (χ3v) is 4.73. The van der Waals surface area contributed by atoms with Crippen LogP contribution in [0.15, 0.2) is 42.7 Å². The van der Waals surface area contributed by atoms with E-state index in [2.05, 4.69) is 16.9 Å². The first-order valence-corrected chi connectivity index (χ1v) is 8.50. The lowest BCUT2D eigenvalue weighted by molar-refractivity contribution is -0.128. The molecule has 2 aromatic rings. The fourth-order valence-corrected chi connectivity index (χ4v) is 3.08. The smallest absolute Gasteiger partial charge is 0.248 e. The minimum atomic E-state index is -0.464. The van der Waals surface area contributed by atoms with Crippen LogP contribution in [0.1, 0.15) is 27.8 Å². The Hall–Kier alpha value is -2.93. The Kier molecular flexibility index (Phi) is 5.18.